The van der Waals surface area contributed by atoms with Gasteiger partial charge in [-0.15, -0.1) is 6.58 Å². The van der Waals surface area contributed by atoms with Gasteiger partial charge in [0.15, 0.2) is 0 Å². The first-order valence-electron chi connectivity index (χ1n) is 7.06. The quantitative estimate of drug-likeness (QED) is 0.859. The minimum absolute atomic E-state index is 0.00786. The molecule has 1 aromatic carbocycles. The van der Waals surface area contributed by atoms with Gasteiger partial charge in [0.2, 0.25) is 0 Å². The van der Waals surface area contributed by atoms with Crippen LogP contribution in [0.4, 0.5) is 10.5 Å². The minimum Gasteiger partial charge on any atom is -0.322 e. The summed E-state index contributed by atoms with van der Waals surface area (Å²) in [6.07, 6.45) is 1.91. The summed E-state index contributed by atoms with van der Waals surface area (Å²) in [5.41, 5.74) is 3.30. The molecule has 4 heteroatoms. The van der Waals surface area contributed by atoms with Gasteiger partial charge < -0.3 is 10.2 Å². The number of hydrogen-bond donors (Lipinski definition) is 1. The lowest BCUT2D eigenvalue weighted by atomic mass is 10.1. The molecule has 2 amide bonds. The molecule has 20 heavy (non-hydrogen) atoms. The highest BCUT2D eigenvalue weighted by molar-refractivity contribution is 5.89. The van der Waals surface area contributed by atoms with Gasteiger partial charge in [-0.1, -0.05) is 12.1 Å². The standard InChI is InChI=1S/C16H23N3O/c1-4-7-18-8-10-19(11-9-18)16(20)17-15-6-5-13(2)14(3)12-15/h4-6,12H,1,7-11H2,2-3H3,(H,17,20). The van der Waals surface area contributed by atoms with Crippen LogP contribution < -0.4 is 5.32 Å². The first kappa shape index (κ1) is 14.6. The molecule has 2 rings (SSSR count). The van der Waals surface area contributed by atoms with Crippen LogP contribution in [0, 0.1) is 13.8 Å². The molecule has 0 unspecified atom stereocenters. The van der Waals surface area contributed by atoms with Gasteiger partial charge in [-0.2, -0.15) is 0 Å². The summed E-state index contributed by atoms with van der Waals surface area (Å²) >= 11 is 0. The van der Waals surface area contributed by atoms with Gasteiger partial charge in [0, 0.05) is 38.4 Å². The largest absolute Gasteiger partial charge is 0.322 e. The van der Waals surface area contributed by atoms with E-state index in [9.17, 15) is 4.79 Å². The molecular weight excluding hydrogens is 250 g/mol. The first-order valence-corrected chi connectivity index (χ1v) is 7.06. The minimum atomic E-state index is -0.00786. The van der Waals surface area contributed by atoms with E-state index in [1.807, 2.05) is 29.2 Å². The predicted molar refractivity (Wildman–Crippen MR) is 83.1 cm³/mol. The van der Waals surface area contributed by atoms with Crippen LogP contribution >= 0.6 is 0 Å². The topological polar surface area (TPSA) is 35.6 Å². The zero-order chi connectivity index (χ0) is 14.5. The van der Waals surface area contributed by atoms with Crippen molar-refractivity contribution in [1.29, 1.82) is 0 Å². The SMILES string of the molecule is C=CCN1CCN(C(=O)Nc2ccc(C)c(C)c2)CC1. The molecule has 0 radical (unpaired) electrons. The van der Waals surface area contributed by atoms with E-state index in [0.29, 0.717) is 0 Å². The Bertz CT molecular complexity index is 490. The Hall–Kier alpha value is -1.81. The van der Waals surface area contributed by atoms with Gasteiger partial charge in [0.05, 0.1) is 0 Å². The van der Waals surface area contributed by atoms with Crippen LogP contribution in [0.3, 0.4) is 0 Å². The number of amides is 2. The molecule has 1 aliphatic heterocycles. The fourth-order valence-corrected chi connectivity index (χ4v) is 2.34. The van der Waals surface area contributed by atoms with Crippen molar-refractivity contribution in [3.63, 3.8) is 0 Å². The fourth-order valence-electron chi connectivity index (χ4n) is 2.34. The van der Waals surface area contributed by atoms with Crippen molar-refractivity contribution in [3.05, 3.63) is 42.0 Å². The summed E-state index contributed by atoms with van der Waals surface area (Å²) in [4.78, 5) is 16.4. The monoisotopic (exact) mass is 273 g/mol. The van der Waals surface area contributed by atoms with Crippen LogP contribution in [0.1, 0.15) is 11.1 Å². The van der Waals surface area contributed by atoms with Gasteiger partial charge in [0.1, 0.15) is 0 Å². The highest BCUT2D eigenvalue weighted by Gasteiger charge is 2.20. The zero-order valence-electron chi connectivity index (χ0n) is 12.4. The number of aryl methyl sites for hydroxylation is 2. The molecule has 4 nitrogen and oxygen atoms in total. The van der Waals surface area contributed by atoms with Gasteiger partial charge >= 0.3 is 6.03 Å². The van der Waals surface area contributed by atoms with Gasteiger partial charge in [-0.05, 0) is 37.1 Å². The Labute approximate surface area is 121 Å². The van der Waals surface area contributed by atoms with Gasteiger partial charge in [0.25, 0.3) is 0 Å². The molecule has 1 saturated heterocycles. The molecule has 1 N–H and O–H groups in total. The number of urea groups is 1. The third-order valence-corrected chi connectivity index (χ3v) is 3.80. The van der Waals surface area contributed by atoms with E-state index in [1.165, 1.54) is 11.1 Å². The Morgan fingerprint density at radius 3 is 2.55 bits per heavy atom. The van der Waals surface area contributed by atoms with Crippen molar-refractivity contribution in [2.24, 2.45) is 0 Å². The second-order valence-corrected chi connectivity index (χ2v) is 5.31. The fraction of sp³-hybridized carbons (Fsp3) is 0.438. The summed E-state index contributed by atoms with van der Waals surface area (Å²) in [5, 5.41) is 2.97. The third-order valence-electron chi connectivity index (χ3n) is 3.80. The van der Waals surface area contributed by atoms with Crippen LogP contribution in [0.15, 0.2) is 30.9 Å². The number of nitrogens with zero attached hydrogens (tertiary/aromatic N) is 2. The van der Waals surface area contributed by atoms with Gasteiger partial charge in [-0.25, -0.2) is 4.79 Å². The number of anilines is 1. The molecule has 0 aliphatic carbocycles. The van der Waals surface area contributed by atoms with Crippen LogP contribution in [0.2, 0.25) is 0 Å². The number of benzene rings is 1. The zero-order valence-corrected chi connectivity index (χ0v) is 12.4. The number of carbonyl (C=O) groups excluding carboxylic acids is 1. The van der Waals surface area contributed by atoms with E-state index in [-0.39, 0.29) is 6.03 Å². The summed E-state index contributed by atoms with van der Waals surface area (Å²) in [6.45, 7) is 12.1. The highest BCUT2D eigenvalue weighted by Crippen LogP contribution is 2.15. The van der Waals surface area contributed by atoms with E-state index in [1.54, 1.807) is 0 Å². The summed E-state index contributed by atoms with van der Waals surface area (Å²) in [7, 11) is 0. The summed E-state index contributed by atoms with van der Waals surface area (Å²) < 4.78 is 0. The average Bonchev–Trinajstić information content (AvgIpc) is 2.44. The molecule has 0 bridgehead atoms. The lowest BCUT2D eigenvalue weighted by Crippen LogP contribution is -2.49. The molecular formula is C16H23N3O. The van der Waals surface area contributed by atoms with Crippen LogP contribution in [0.25, 0.3) is 0 Å². The molecule has 1 fully saturated rings. The maximum atomic E-state index is 12.2. The molecule has 0 atom stereocenters. The molecule has 0 aromatic heterocycles. The molecule has 0 saturated carbocycles. The van der Waals surface area contributed by atoms with Crippen molar-refractivity contribution in [2.75, 3.05) is 38.0 Å². The van der Waals surface area contributed by atoms with Crippen LogP contribution in [-0.2, 0) is 0 Å². The number of rotatable bonds is 3. The Balaban J connectivity index is 1.89. The normalized spacial score (nSPS) is 16.0. The van der Waals surface area contributed by atoms with Crippen molar-refractivity contribution in [1.82, 2.24) is 9.80 Å². The highest BCUT2D eigenvalue weighted by atomic mass is 16.2. The van der Waals surface area contributed by atoms with Crippen molar-refractivity contribution >= 4 is 11.7 Å². The molecule has 0 spiro atoms. The molecule has 1 aliphatic rings. The Morgan fingerprint density at radius 1 is 1.25 bits per heavy atom. The number of carbonyl (C=O) groups is 1. The lowest BCUT2D eigenvalue weighted by molar-refractivity contribution is 0.156. The molecule has 1 heterocycles. The number of piperazine rings is 1. The summed E-state index contributed by atoms with van der Waals surface area (Å²) in [5.74, 6) is 0. The summed E-state index contributed by atoms with van der Waals surface area (Å²) in [6, 6.07) is 5.99. The number of nitrogens with one attached hydrogen (secondary N) is 1. The smallest absolute Gasteiger partial charge is 0.321 e. The van der Waals surface area contributed by atoms with Crippen molar-refractivity contribution in [3.8, 4) is 0 Å². The van der Waals surface area contributed by atoms with E-state index in [2.05, 4.69) is 30.6 Å². The Morgan fingerprint density at radius 2 is 1.95 bits per heavy atom. The lowest BCUT2D eigenvalue weighted by Gasteiger charge is -2.34. The second kappa shape index (κ2) is 6.57. The average molecular weight is 273 g/mol. The van der Waals surface area contributed by atoms with E-state index >= 15 is 0 Å². The van der Waals surface area contributed by atoms with Crippen LogP contribution in [-0.4, -0.2) is 48.6 Å². The molecule has 1 aromatic rings. The maximum absolute atomic E-state index is 12.2. The van der Waals surface area contributed by atoms with Crippen molar-refractivity contribution < 1.29 is 4.79 Å². The van der Waals surface area contributed by atoms with E-state index in [0.717, 1.165) is 38.4 Å². The maximum Gasteiger partial charge on any atom is 0.321 e. The van der Waals surface area contributed by atoms with E-state index in [4.69, 9.17) is 0 Å². The molecule has 108 valence electrons. The third kappa shape index (κ3) is 3.61. The number of hydrogen-bond acceptors (Lipinski definition) is 2. The van der Waals surface area contributed by atoms with Gasteiger partial charge in [-0.3, -0.25) is 4.90 Å². The Kier molecular flexibility index (Phi) is 4.79. The second-order valence-electron chi connectivity index (χ2n) is 5.31. The predicted octanol–water partition coefficient (Wildman–Crippen LogP) is 2.64. The first-order chi connectivity index (χ1) is 9.60. The van der Waals surface area contributed by atoms with Crippen molar-refractivity contribution in [2.45, 2.75) is 13.8 Å². The van der Waals surface area contributed by atoms with E-state index < -0.39 is 0 Å². The van der Waals surface area contributed by atoms with Crippen LogP contribution in [0.5, 0.6) is 0 Å².